The monoisotopic (exact) mass is 554 g/mol. The summed E-state index contributed by atoms with van der Waals surface area (Å²) in [4.78, 5) is 18.1. The second-order valence-electron chi connectivity index (χ2n) is 11.6. The van der Waals surface area contributed by atoms with Gasteiger partial charge in [0.25, 0.3) is 5.91 Å². The van der Waals surface area contributed by atoms with Crippen molar-refractivity contribution in [2.75, 3.05) is 55.0 Å². The maximum absolute atomic E-state index is 13.6. The van der Waals surface area contributed by atoms with E-state index in [1.54, 1.807) is 12.1 Å². The molecule has 0 unspecified atom stereocenters. The number of sulfonamides is 1. The number of aliphatic hydroxyl groups excluding tert-OH is 1. The number of nitrogens with one attached hydrogen (secondary N) is 2. The lowest BCUT2D eigenvalue weighted by Crippen LogP contribution is -2.35. The molecule has 0 aromatic heterocycles. The second kappa shape index (κ2) is 10.3. The van der Waals surface area contributed by atoms with Crippen molar-refractivity contribution >= 4 is 33.0 Å². The minimum atomic E-state index is -3.79. The Balaban J connectivity index is 1.30. The van der Waals surface area contributed by atoms with Gasteiger partial charge in [0.1, 0.15) is 5.75 Å². The van der Waals surface area contributed by atoms with Gasteiger partial charge in [-0.25, -0.2) is 13.1 Å². The summed E-state index contributed by atoms with van der Waals surface area (Å²) < 4.78 is 34.4. The fourth-order valence-corrected chi connectivity index (χ4v) is 7.02. The van der Waals surface area contributed by atoms with Gasteiger partial charge in [-0.15, -0.1) is 0 Å². The quantitative estimate of drug-likeness (QED) is 0.435. The number of rotatable bonds is 9. The number of carbonyl (C=O) groups excluding carboxylic acids is 1. The molecule has 210 valence electrons. The molecule has 3 fully saturated rings. The Morgan fingerprint density at radius 2 is 1.87 bits per heavy atom. The third-order valence-electron chi connectivity index (χ3n) is 8.91. The van der Waals surface area contributed by atoms with Crippen LogP contribution < -0.4 is 24.6 Å². The molecule has 2 aromatic carbocycles. The van der Waals surface area contributed by atoms with Gasteiger partial charge in [0, 0.05) is 38.8 Å². The average molecular weight is 555 g/mol. The van der Waals surface area contributed by atoms with Gasteiger partial charge in [-0.2, -0.15) is 0 Å². The molecule has 9 nitrogen and oxygen atoms in total. The van der Waals surface area contributed by atoms with Crippen molar-refractivity contribution in [3.8, 4) is 5.75 Å². The van der Waals surface area contributed by atoms with Gasteiger partial charge in [-0.1, -0.05) is 0 Å². The molecule has 6 rings (SSSR count). The SMILES string of the molecule is CN1CCc2cc(C(=O)Nc3ccc(S(=O)(=O)NCCO)cc3N3CCC4(CC3)CC4)cc(OC3CCC3)c21. The molecular weight excluding hydrogens is 516 g/mol. The topological polar surface area (TPSA) is 111 Å². The Morgan fingerprint density at radius 1 is 1.10 bits per heavy atom. The summed E-state index contributed by atoms with van der Waals surface area (Å²) in [6.45, 7) is 2.20. The highest BCUT2D eigenvalue weighted by molar-refractivity contribution is 7.89. The molecular formula is C29H38N4O5S. The largest absolute Gasteiger partial charge is 0.488 e. The summed E-state index contributed by atoms with van der Waals surface area (Å²) in [6, 6.07) is 8.63. The van der Waals surface area contributed by atoms with Crippen LogP contribution in [0, 0.1) is 5.41 Å². The van der Waals surface area contributed by atoms with E-state index in [9.17, 15) is 13.2 Å². The van der Waals surface area contributed by atoms with E-state index < -0.39 is 10.0 Å². The third kappa shape index (κ3) is 5.34. The Labute approximate surface area is 230 Å². The van der Waals surface area contributed by atoms with Crippen molar-refractivity contribution in [3.63, 3.8) is 0 Å². The highest BCUT2D eigenvalue weighted by Crippen LogP contribution is 2.54. The molecule has 0 radical (unpaired) electrons. The summed E-state index contributed by atoms with van der Waals surface area (Å²) >= 11 is 0. The smallest absolute Gasteiger partial charge is 0.255 e. The van der Waals surface area contributed by atoms with Crippen LogP contribution in [-0.2, 0) is 16.4 Å². The lowest BCUT2D eigenvalue weighted by atomic mass is 9.93. The first-order chi connectivity index (χ1) is 18.8. The number of aliphatic hydroxyl groups is 1. The molecule has 39 heavy (non-hydrogen) atoms. The van der Waals surface area contributed by atoms with Crippen molar-refractivity contribution in [3.05, 3.63) is 41.5 Å². The minimum absolute atomic E-state index is 0.0544. The molecule has 2 aromatic rings. The number of carbonyl (C=O) groups is 1. The summed E-state index contributed by atoms with van der Waals surface area (Å²) in [5.41, 5.74) is 4.49. The molecule has 0 atom stereocenters. The zero-order chi connectivity index (χ0) is 27.2. The van der Waals surface area contributed by atoms with Gasteiger partial charge in [0.15, 0.2) is 0 Å². The van der Waals surface area contributed by atoms with Crippen LogP contribution in [0.5, 0.6) is 5.75 Å². The molecule has 2 saturated carbocycles. The molecule has 1 amide bonds. The van der Waals surface area contributed by atoms with Crippen LogP contribution in [0.1, 0.15) is 60.9 Å². The summed E-state index contributed by atoms with van der Waals surface area (Å²) in [5.74, 6) is 0.529. The Bertz CT molecular complexity index is 1360. The predicted octanol–water partition coefficient (Wildman–Crippen LogP) is 3.51. The maximum Gasteiger partial charge on any atom is 0.255 e. The Morgan fingerprint density at radius 3 is 2.54 bits per heavy atom. The van der Waals surface area contributed by atoms with Gasteiger partial charge in [-0.3, -0.25) is 4.79 Å². The standard InChI is InChI=1S/C29H38N4O5S/c1-32-13-7-20-17-21(18-26(27(20)32)38-22-3-2-4-22)28(35)31-24-6-5-23(39(36,37)30-12-16-34)19-25(24)33-14-10-29(8-9-29)11-15-33/h5-6,17-19,22,30,34H,2-4,7-16H2,1H3,(H,31,35). The fourth-order valence-electron chi connectivity index (χ4n) is 5.98. The van der Waals surface area contributed by atoms with Gasteiger partial charge >= 0.3 is 0 Å². The van der Waals surface area contributed by atoms with E-state index in [0.29, 0.717) is 22.4 Å². The molecule has 1 spiro atoms. The Kier molecular flexibility index (Phi) is 6.97. The van der Waals surface area contributed by atoms with Crippen molar-refractivity contribution < 1.29 is 23.1 Å². The lowest BCUT2D eigenvalue weighted by Gasteiger charge is -2.35. The minimum Gasteiger partial charge on any atom is -0.488 e. The fraction of sp³-hybridized carbons (Fsp3) is 0.552. The number of piperidine rings is 1. The van der Waals surface area contributed by atoms with Crippen molar-refractivity contribution in [2.45, 2.75) is 62.4 Å². The number of likely N-dealkylation sites (N-methyl/N-ethyl adjacent to an activating group) is 1. The van der Waals surface area contributed by atoms with Crippen molar-refractivity contribution in [2.24, 2.45) is 5.41 Å². The third-order valence-corrected chi connectivity index (χ3v) is 10.4. The van der Waals surface area contributed by atoms with Crippen LogP contribution >= 0.6 is 0 Å². The lowest BCUT2D eigenvalue weighted by molar-refractivity contribution is 0.102. The van der Waals surface area contributed by atoms with Crippen LogP contribution in [0.25, 0.3) is 0 Å². The molecule has 2 aliphatic heterocycles. The molecule has 10 heteroatoms. The zero-order valence-corrected chi connectivity index (χ0v) is 23.4. The number of anilines is 3. The van der Waals surface area contributed by atoms with E-state index in [2.05, 4.69) is 26.9 Å². The highest BCUT2D eigenvalue weighted by atomic mass is 32.2. The Hall–Kier alpha value is -2.82. The number of ether oxygens (including phenoxy) is 1. The van der Waals surface area contributed by atoms with E-state index in [1.807, 2.05) is 12.1 Å². The van der Waals surface area contributed by atoms with Crippen LogP contribution in [0.4, 0.5) is 17.1 Å². The van der Waals surface area contributed by atoms with Crippen LogP contribution in [-0.4, -0.2) is 65.4 Å². The van der Waals surface area contributed by atoms with Crippen LogP contribution in [0.2, 0.25) is 0 Å². The number of nitrogens with zero attached hydrogens (tertiary/aromatic N) is 2. The first-order valence-corrected chi connectivity index (χ1v) is 15.6. The van der Waals surface area contributed by atoms with E-state index in [-0.39, 0.29) is 30.1 Å². The molecule has 4 aliphatic rings. The molecule has 2 heterocycles. The molecule has 3 N–H and O–H groups in total. The maximum atomic E-state index is 13.6. The van der Waals surface area contributed by atoms with Crippen LogP contribution in [0.3, 0.4) is 0 Å². The number of amides is 1. The van der Waals surface area contributed by atoms with Gasteiger partial charge in [0.2, 0.25) is 10.0 Å². The number of hydrogen-bond acceptors (Lipinski definition) is 7. The van der Waals surface area contributed by atoms with Crippen molar-refractivity contribution in [1.29, 1.82) is 0 Å². The number of fused-ring (bicyclic) bond motifs is 1. The van der Waals surface area contributed by atoms with Gasteiger partial charge < -0.3 is 25.0 Å². The van der Waals surface area contributed by atoms with E-state index in [4.69, 9.17) is 9.84 Å². The summed E-state index contributed by atoms with van der Waals surface area (Å²) in [5, 5.41) is 12.2. The molecule has 2 aliphatic carbocycles. The highest BCUT2D eigenvalue weighted by Gasteiger charge is 2.44. The number of hydrogen-bond donors (Lipinski definition) is 3. The van der Waals surface area contributed by atoms with Gasteiger partial charge in [0.05, 0.1) is 34.7 Å². The van der Waals surface area contributed by atoms with E-state index >= 15 is 0 Å². The van der Waals surface area contributed by atoms with E-state index in [1.165, 1.54) is 25.3 Å². The normalized spacial score (nSPS) is 20.1. The van der Waals surface area contributed by atoms with Crippen molar-refractivity contribution in [1.82, 2.24) is 4.72 Å². The molecule has 0 bridgehead atoms. The number of benzene rings is 2. The zero-order valence-electron chi connectivity index (χ0n) is 22.5. The van der Waals surface area contributed by atoms with Gasteiger partial charge in [-0.05, 0) is 92.7 Å². The van der Waals surface area contributed by atoms with Crippen LogP contribution in [0.15, 0.2) is 35.2 Å². The molecule has 1 saturated heterocycles. The summed E-state index contributed by atoms with van der Waals surface area (Å²) in [6.07, 6.45) is 8.99. The average Bonchev–Trinajstić information content (AvgIpc) is 3.55. The summed E-state index contributed by atoms with van der Waals surface area (Å²) in [7, 11) is -1.73. The predicted molar refractivity (Wildman–Crippen MR) is 151 cm³/mol. The second-order valence-corrected chi connectivity index (χ2v) is 13.3. The van der Waals surface area contributed by atoms with E-state index in [0.717, 1.165) is 68.7 Å². The first-order valence-electron chi connectivity index (χ1n) is 14.1. The first kappa shape index (κ1) is 26.4.